The Balaban J connectivity index is 2.18. The van der Waals surface area contributed by atoms with Gasteiger partial charge in [0.25, 0.3) is 0 Å². The summed E-state index contributed by atoms with van der Waals surface area (Å²) >= 11 is 0. The highest BCUT2D eigenvalue weighted by Crippen LogP contribution is 2.20. The number of rotatable bonds is 6. The zero-order valence-corrected chi connectivity index (χ0v) is 14.9. The van der Waals surface area contributed by atoms with Crippen molar-refractivity contribution < 1.29 is 36.5 Å². The second-order valence-electron chi connectivity index (χ2n) is 5.38. The van der Waals surface area contributed by atoms with E-state index in [1.165, 1.54) is 6.07 Å². The van der Waals surface area contributed by atoms with Gasteiger partial charge >= 0.3 is 22.1 Å². The molecule has 0 aromatic heterocycles. The van der Waals surface area contributed by atoms with Crippen LogP contribution in [-0.2, 0) is 33.5 Å². The van der Waals surface area contributed by atoms with Crippen LogP contribution in [0.4, 0.5) is 0 Å². The smallest absolute Gasteiger partial charge is 0.357 e. The second-order valence-corrected chi connectivity index (χ2v) is 7.00. The second kappa shape index (κ2) is 7.92. The van der Waals surface area contributed by atoms with Crippen molar-refractivity contribution in [2.75, 3.05) is 5.75 Å². The topological polar surface area (TPSA) is 121 Å². The molecule has 1 aliphatic rings. The predicted molar refractivity (Wildman–Crippen MR) is 93.1 cm³/mol. The summed E-state index contributed by atoms with van der Waals surface area (Å²) in [4.78, 5) is 48.1. The lowest BCUT2D eigenvalue weighted by Gasteiger charge is -2.12. The molecule has 2 rings (SSSR count). The number of hydrogen-bond donors (Lipinski definition) is 0. The van der Waals surface area contributed by atoms with Gasteiger partial charge in [-0.15, -0.1) is 6.58 Å². The zero-order chi connectivity index (χ0) is 20.2. The van der Waals surface area contributed by atoms with Crippen molar-refractivity contribution in [3.63, 3.8) is 0 Å². The molecule has 9 heteroatoms. The molecule has 0 amide bonds. The first-order chi connectivity index (χ1) is 12.6. The molecule has 0 atom stereocenters. The number of benzene rings is 1. The summed E-state index contributed by atoms with van der Waals surface area (Å²) in [7, 11) is -4.28. The van der Waals surface area contributed by atoms with E-state index in [-0.39, 0.29) is 5.75 Å². The monoisotopic (exact) mass is 390 g/mol. The average Bonchev–Trinajstić information content (AvgIpc) is 2.57. The molecule has 1 aliphatic carbocycles. The molecule has 0 fully saturated rings. The van der Waals surface area contributed by atoms with Crippen LogP contribution < -0.4 is 4.74 Å². The molecule has 0 N–H and O–H groups in total. The molecule has 0 aliphatic heterocycles. The lowest BCUT2D eigenvalue weighted by molar-refractivity contribution is -0.134. The van der Waals surface area contributed by atoms with Crippen molar-refractivity contribution in [1.82, 2.24) is 0 Å². The highest BCUT2D eigenvalue weighted by molar-refractivity contribution is 7.87. The first-order valence-electron chi connectivity index (χ1n) is 7.52. The summed E-state index contributed by atoms with van der Waals surface area (Å²) in [6.07, 6.45) is 2.15. The molecule has 8 nitrogen and oxygen atoms in total. The van der Waals surface area contributed by atoms with E-state index in [4.69, 9.17) is 4.74 Å². The standard InChI is InChI=1S/C18H14O8S/c1-3-8-27(23,24)26-18(22)13-10-14(19)12(9-15(13)20)17(21)25-16-7-5-4-6-11(16)2/h3-7,9-10H,1,8H2,2H3. The van der Waals surface area contributed by atoms with E-state index in [1.54, 1.807) is 25.1 Å². The quantitative estimate of drug-likeness (QED) is 0.176. The maximum Gasteiger partial charge on any atom is 0.357 e. The summed E-state index contributed by atoms with van der Waals surface area (Å²) < 4.78 is 32.2. The summed E-state index contributed by atoms with van der Waals surface area (Å²) in [5.74, 6) is -5.08. The van der Waals surface area contributed by atoms with E-state index in [0.717, 1.165) is 6.08 Å². The van der Waals surface area contributed by atoms with Gasteiger partial charge in [-0.3, -0.25) is 9.59 Å². The third-order valence-corrected chi connectivity index (χ3v) is 4.39. The van der Waals surface area contributed by atoms with Crippen molar-refractivity contribution in [3.8, 4) is 5.75 Å². The van der Waals surface area contributed by atoms with E-state index in [2.05, 4.69) is 10.8 Å². The molecular formula is C18H14O8S. The fourth-order valence-corrected chi connectivity index (χ4v) is 2.72. The lowest BCUT2D eigenvalue weighted by atomic mass is 9.97. The minimum atomic E-state index is -4.28. The van der Waals surface area contributed by atoms with Crippen molar-refractivity contribution in [1.29, 1.82) is 0 Å². The van der Waals surface area contributed by atoms with Crippen molar-refractivity contribution >= 4 is 33.6 Å². The molecule has 0 spiro atoms. The maximum absolute atomic E-state index is 12.2. The van der Waals surface area contributed by atoms with Gasteiger partial charge in [-0.2, -0.15) is 8.42 Å². The van der Waals surface area contributed by atoms with Gasteiger partial charge in [0, 0.05) is 12.2 Å². The van der Waals surface area contributed by atoms with Crippen LogP contribution in [0.1, 0.15) is 5.56 Å². The predicted octanol–water partition coefficient (Wildman–Crippen LogP) is 0.964. The van der Waals surface area contributed by atoms with Crippen LogP contribution in [0.15, 0.2) is 60.2 Å². The van der Waals surface area contributed by atoms with Crippen molar-refractivity contribution in [3.05, 3.63) is 65.8 Å². The number of hydrogen-bond acceptors (Lipinski definition) is 8. The summed E-state index contributed by atoms with van der Waals surface area (Å²) in [6, 6.07) is 6.53. The first kappa shape index (κ1) is 20.0. The van der Waals surface area contributed by atoms with Gasteiger partial charge in [-0.25, -0.2) is 9.59 Å². The maximum atomic E-state index is 12.2. The molecule has 0 radical (unpaired) electrons. The van der Waals surface area contributed by atoms with Crippen LogP contribution in [0.2, 0.25) is 0 Å². The highest BCUT2D eigenvalue weighted by atomic mass is 32.2. The summed E-state index contributed by atoms with van der Waals surface area (Å²) in [5, 5.41) is 0. The number of allylic oxidation sites excluding steroid dienone is 2. The van der Waals surface area contributed by atoms with Gasteiger partial charge in [0.2, 0.25) is 0 Å². The number of ether oxygens (including phenoxy) is 1. The number of aryl methyl sites for hydroxylation is 1. The van der Waals surface area contributed by atoms with Crippen LogP contribution in [-0.4, -0.2) is 37.7 Å². The zero-order valence-electron chi connectivity index (χ0n) is 14.1. The fourth-order valence-electron chi connectivity index (χ4n) is 2.04. The van der Waals surface area contributed by atoms with Gasteiger partial charge in [-0.1, -0.05) is 24.3 Å². The Labute approximate surface area is 154 Å². The fraction of sp³-hybridized carbons (Fsp3) is 0.111. The van der Waals surface area contributed by atoms with Gasteiger partial charge in [-0.05, 0) is 18.6 Å². The Kier molecular flexibility index (Phi) is 5.86. The van der Waals surface area contributed by atoms with Gasteiger partial charge < -0.3 is 8.92 Å². The molecule has 0 saturated carbocycles. The molecule has 1 aromatic carbocycles. The molecule has 1 aromatic rings. The van der Waals surface area contributed by atoms with Crippen LogP contribution in [0.5, 0.6) is 5.75 Å². The van der Waals surface area contributed by atoms with E-state index >= 15 is 0 Å². The lowest BCUT2D eigenvalue weighted by Crippen LogP contribution is -2.27. The van der Waals surface area contributed by atoms with E-state index < -0.39 is 50.5 Å². The number of ketones is 2. The highest BCUT2D eigenvalue weighted by Gasteiger charge is 2.32. The van der Waals surface area contributed by atoms with E-state index in [0.29, 0.717) is 17.7 Å². The Morgan fingerprint density at radius 1 is 1.04 bits per heavy atom. The SMILES string of the molecule is C=CCS(=O)(=O)OC(=O)C1=CC(=O)C(C(=O)Oc2ccccc2C)=CC1=O. The average molecular weight is 390 g/mol. The van der Waals surface area contributed by atoms with Crippen LogP contribution in [0, 0.1) is 6.92 Å². The molecule has 0 bridgehead atoms. The third-order valence-electron chi connectivity index (χ3n) is 3.34. The minimum absolute atomic E-state index is 0.202. The minimum Gasteiger partial charge on any atom is -0.423 e. The summed E-state index contributed by atoms with van der Waals surface area (Å²) in [6.45, 7) is 4.88. The number of para-hydroxylation sites is 1. The van der Waals surface area contributed by atoms with Crippen molar-refractivity contribution in [2.45, 2.75) is 6.92 Å². The molecule has 140 valence electrons. The Hall–Kier alpha value is -3.33. The number of esters is 1. The van der Waals surface area contributed by atoms with Crippen LogP contribution in [0.25, 0.3) is 0 Å². The first-order valence-corrected chi connectivity index (χ1v) is 9.09. The summed E-state index contributed by atoms with van der Waals surface area (Å²) in [5.41, 5.74) is -0.762. The third kappa shape index (κ3) is 4.85. The van der Waals surface area contributed by atoms with E-state index in [9.17, 15) is 27.6 Å². The van der Waals surface area contributed by atoms with Crippen molar-refractivity contribution in [2.24, 2.45) is 0 Å². The largest absolute Gasteiger partial charge is 0.423 e. The molecule has 0 unspecified atom stereocenters. The molecular weight excluding hydrogens is 376 g/mol. The number of carbonyl (C=O) groups is 4. The molecule has 27 heavy (non-hydrogen) atoms. The Morgan fingerprint density at radius 2 is 1.59 bits per heavy atom. The van der Waals surface area contributed by atoms with Crippen LogP contribution in [0.3, 0.4) is 0 Å². The molecule has 0 heterocycles. The normalized spacial score (nSPS) is 14.1. The Bertz CT molecular complexity index is 1010. The van der Waals surface area contributed by atoms with Gasteiger partial charge in [0.15, 0.2) is 11.6 Å². The number of carbonyl (C=O) groups excluding carboxylic acids is 4. The van der Waals surface area contributed by atoms with E-state index in [1.807, 2.05) is 0 Å². The Morgan fingerprint density at radius 3 is 2.15 bits per heavy atom. The van der Waals surface area contributed by atoms with Gasteiger partial charge in [0.05, 0.1) is 0 Å². The van der Waals surface area contributed by atoms with Crippen LogP contribution >= 0.6 is 0 Å². The molecule has 0 saturated heterocycles. The van der Waals surface area contributed by atoms with Gasteiger partial charge in [0.1, 0.15) is 22.6 Å².